The maximum absolute atomic E-state index is 12.8. The van der Waals surface area contributed by atoms with Crippen molar-refractivity contribution in [3.63, 3.8) is 0 Å². The molecule has 0 saturated carbocycles. The molecule has 0 saturated heterocycles. The number of esters is 1. The molecule has 0 radical (unpaired) electrons. The fourth-order valence-electron chi connectivity index (χ4n) is 4.31. The third-order valence-electron chi connectivity index (χ3n) is 6.83. The zero-order valence-corrected chi connectivity index (χ0v) is 26.3. The number of hydrogen-bond acceptors (Lipinski definition) is 7. The number of nitrogens with zero attached hydrogens (tertiary/aromatic N) is 1. The van der Waals surface area contributed by atoms with Crippen LogP contribution >= 0.6 is 11.3 Å². The van der Waals surface area contributed by atoms with Crippen molar-refractivity contribution in [2.45, 2.75) is 52.4 Å². The molecule has 4 aromatic rings. The topological polar surface area (TPSA) is 86.8 Å². The number of aromatic nitrogens is 1. The second kappa shape index (κ2) is 12.4. The van der Waals surface area contributed by atoms with E-state index in [1.807, 2.05) is 0 Å². The van der Waals surface area contributed by atoms with Crippen LogP contribution in [0, 0.1) is 0 Å². The van der Waals surface area contributed by atoms with Gasteiger partial charge in [-0.15, -0.1) is 0 Å². The minimum Gasteiger partial charge on any atom is -0.497 e. The molecular weight excluding hydrogens is 548 g/mol. The van der Waals surface area contributed by atoms with Gasteiger partial charge >= 0.3 is 5.97 Å². The summed E-state index contributed by atoms with van der Waals surface area (Å²) in [6, 6.07) is 21.5. The summed E-state index contributed by atoms with van der Waals surface area (Å²) in [5.41, 5.74) is 5.47. The third kappa shape index (κ3) is 7.36. The summed E-state index contributed by atoms with van der Waals surface area (Å²) in [6.45, 7) is 12.6. The molecule has 0 aliphatic carbocycles. The molecule has 220 valence electrons. The predicted octanol–water partition coefficient (Wildman–Crippen LogP) is 7.88. The molecule has 42 heavy (non-hydrogen) atoms. The molecule has 7 nitrogen and oxygen atoms in total. The van der Waals surface area contributed by atoms with Crippen LogP contribution in [-0.2, 0) is 20.4 Å². The van der Waals surface area contributed by atoms with Crippen molar-refractivity contribution in [3.05, 3.63) is 83.4 Å². The Hall–Kier alpha value is -4.17. The van der Waals surface area contributed by atoms with E-state index in [9.17, 15) is 9.59 Å². The highest BCUT2D eigenvalue weighted by Gasteiger charge is 2.21. The molecular formula is C34H38N2O5S. The SMILES string of the molecule is COc1cc(OC)cc(C(=O)OCC(=O)Nc2nc(-c3ccc(C(C)(C)C)cc3)c(-c3ccc(C(C)(C)C)cc3)s2)c1. The van der Waals surface area contributed by atoms with Gasteiger partial charge in [0, 0.05) is 11.6 Å². The molecule has 1 amide bonds. The smallest absolute Gasteiger partial charge is 0.338 e. The normalized spacial score (nSPS) is 11.6. The van der Waals surface area contributed by atoms with Crippen LogP contribution < -0.4 is 14.8 Å². The molecule has 1 aromatic heterocycles. The predicted molar refractivity (Wildman–Crippen MR) is 169 cm³/mol. The minimum absolute atomic E-state index is 0.0266. The lowest BCUT2D eigenvalue weighted by Crippen LogP contribution is -2.20. The van der Waals surface area contributed by atoms with Gasteiger partial charge in [-0.25, -0.2) is 9.78 Å². The van der Waals surface area contributed by atoms with Gasteiger partial charge < -0.3 is 14.2 Å². The average Bonchev–Trinajstić information content (AvgIpc) is 3.38. The second-order valence-electron chi connectivity index (χ2n) is 12.1. The van der Waals surface area contributed by atoms with Gasteiger partial charge in [0.05, 0.1) is 30.4 Å². The van der Waals surface area contributed by atoms with Gasteiger partial charge in [-0.3, -0.25) is 10.1 Å². The van der Waals surface area contributed by atoms with E-state index in [-0.39, 0.29) is 16.4 Å². The van der Waals surface area contributed by atoms with Crippen molar-refractivity contribution in [2.75, 3.05) is 26.1 Å². The number of carbonyl (C=O) groups excluding carboxylic acids is 2. The highest BCUT2D eigenvalue weighted by Crippen LogP contribution is 2.40. The standard InChI is InChI=1S/C34H38N2O5S/c1-33(2,3)24-13-9-21(10-14-24)29-30(22-11-15-25(16-12-22)34(4,5)6)42-32(36-29)35-28(37)20-41-31(38)23-17-26(39-7)19-27(18-23)40-8/h9-19H,20H2,1-8H3,(H,35,36,37). The molecule has 0 bridgehead atoms. The maximum atomic E-state index is 12.8. The Kier molecular flexibility index (Phi) is 9.06. The van der Waals surface area contributed by atoms with Crippen LogP contribution in [0.25, 0.3) is 21.7 Å². The summed E-state index contributed by atoms with van der Waals surface area (Å²) in [5.74, 6) is -0.267. The Morgan fingerprint density at radius 3 is 1.74 bits per heavy atom. The number of nitrogens with one attached hydrogen (secondary N) is 1. The third-order valence-corrected chi connectivity index (χ3v) is 7.85. The van der Waals surface area contributed by atoms with Crippen LogP contribution in [0.5, 0.6) is 11.5 Å². The molecule has 1 heterocycles. The Bertz CT molecular complexity index is 1460. The van der Waals surface area contributed by atoms with E-state index < -0.39 is 18.5 Å². The summed E-state index contributed by atoms with van der Waals surface area (Å²) in [7, 11) is 2.98. The fourth-order valence-corrected chi connectivity index (χ4v) is 5.32. The molecule has 4 rings (SSSR count). The number of carbonyl (C=O) groups is 2. The van der Waals surface area contributed by atoms with E-state index >= 15 is 0 Å². The highest BCUT2D eigenvalue weighted by molar-refractivity contribution is 7.19. The van der Waals surface area contributed by atoms with Crippen molar-refractivity contribution < 1.29 is 23.8 Å². The van der Waals surface area contributed by atoms with Gasteiger partial charge in [-0.05, 0) is 39.7 Å². The van der Waals surface area contributed by atoms with E-state index in [1.165, 1.54) is 48.8 Å². The summed E-state index contributed by atoms with van der Waals surface area (Å²) >= 11 is 1.38. The lowest BCUT2D eigenvalue weighted by molar-refractivity contribution is -0.119. The fraction of sp³-hybridized carbons (Fsp3) is 0.324. The van der Waals surface area contributed by atoms with Crippen molar-refractivity contribution in [1.29, 1.82) is 0 Å². The molecule has 0 aliphatic rings. The monoisotopic (exact) mass is 586 g/mol. The Labute approximate surface area is 251 Å². The molecule has 0 aliphatic heterocycles. The first-order chi connectivity index (χ1) is 19.8. The zero-order chi connectivity index (χ0) is 30.7. The van der Waals surface area contributed by atoms with E-state index in [1.54, 1.807) is 6.07 Å². The summed E-state index contributed by atoms with van der Waals surface area (Å²) < 4.78 is 15.7. The first kappa shape index (κ1) is 30.8. The molecule has 0 fully saturated rings. The number of benzene rings is 3. The van der Waals surface area contributed by atoms with Gasteiger partial charge in [-0.1, -0.05) is 101 Å². The van der Waals surface area contributed by atoms with Crippen LogP contribution in [-0.4, -0.2) is 37.7 Å². The first-order valence-electron chi connectivity index (χ1n) is 13.7. The maximum Gasteiger partial charge on any atom is 0.338 e. The van der Waals surface area contributed by atoms with E-state index in [2.05, 4.69) is 95.4 Å². The summed E-state index contributed by atoms with van der Waals surface area (Å²) in [6.07, 6.45) is 0. The summed E-state index contributed by atoms with van der Waals surface area (Å²) in [4.78, 5) is 31.2. The highest BCUT2D eigenvalue weighted by atomic mass is 32.1. The van der Waals surface area contributed by atoms with Crippen molar-refractivity contribution >= 4 is 28.3 Å². The number of methoxy groups -OCH3 is 2. The van der Waals surface area contributed by atoms with Gasteiger partial charge in [0.15, 0.2) is 11.7 Å². The van der Waals surface area contributed by atoms with Gasteiger partial charge in [0.1, 0.15) is 11.5 Å². The van der Waals surface area contributed by atoms with Crippen LogP contribution in [0.4, 0.5) is 5.13 Å². The van der Waals surface area contributed by atoms with Crippen molar-refractivity contribution in [3.8, 4) is 33.2 Å². The van der Waals surface area contributed by atoms with Crippen molar-refractivity contribution in [2.24, 2.45) is 0 Å². The van der Waals surface area contributed by atoms with E-state index in [0.29, 0.717) is 16.6 Å². The molecule has 0 spiro atoms. The lowest BCUT2D eigenvalue weighted by atomic mass is 9.86. The van der Waals surface area contributed by atoms with Crippen LogP contribution in [0.15, 0.2) is 66.7 Å². The lowest BCUT2D eigenvalue weighted by Gasteiger charge is -2.19. The zero-order valence-electron chi connectivity index (χ0n) is 25.5. The molecule has 3 aromatic carbocycles. The quantitative estimate of drug-likeness (QED) is 0.211. The van der Waals surface area contributed by atoms with E-state index in [4.69, 9.17) is 19.2 Å². The first-order valence-corrected chi connectivity index (χ1v) is 14.5. The number of rotatable bonds is 8. The van der Waals surface area contributed by atoms with Crippen molar-refractivity contribution in [1.82, 2.24) is 4.98 Å². The molecule has 0 atom stereocenters. The number of amides is 1. The number of ether oxygens (including phenoxy) is 3. The van der Waals surface area contributed by atoms with Crippen LogP contribution in [0.3, 0.4) is 0 Å². The van der Waals surface area contributed by atoms with Gasteiger partial charge in [0.25, 0.3) is 5.91 Å². The molecule has 1 N–H and O–H groups in total. The number of anilines is 1. The van der Waals surface area contributed by atoms with Gasteiger partial charge in [-0.2, -0.15) is 0 Å². The van der Waals surface area contributed by atoms with Gasteiger partial charge in [0.2, 0.25) is 0 Å². The summed E-state index contributed by atoms with van der Waals surface area (Å²) in [5, 5.41) is 3.23. The largest absolute Gasteiger partial charge is 0.497 e. The second-order valence-corrected chi connectivity index (χ2v) is 13.1. The minimum atomic E-state index is -0.666. The Morgan fingerprint density at radius 2 is 1.26 bits per heavy atom. The Morgan fingerprint density at radius 1 is 0.762 bits per heavy atom. The van der Waals surface area contributed by atoms with Crippen LogP contribution in [0.1, 0.15) is 63.0 Å². The Balaban J connectivity index is 1.57. The average molecular weight is 587 g/mol. The van der Waals surface area contributed by atoms with Crippen LogP contribution in [0.2, 0.25) is 0 Å². The molecule has 8 heteroatoms. The molecule has 0 unspecified atom stereocenters. The number of hydrogen-bond donors (Lipinski definition) is 1. The number of thiazole rings is 1. The van der Waals surface area contributed by atoms with E-state index in [0.717, 1.165) is 21.7 Å².